The van der Waals surface area contributed by atoms with Crippen LogP contribution in [0, 0.1) is 17.0 Å². The van der Waals surface area contributed by atoms with E-state index in [1.807, 2.05) is 0 Å². The molecule has 0 atom stereocenters. The first-order valence-electron chi connectivity index (χ1n) is 8.88. The zero-order valence-corrected chi connectivity index (χ0v) is 15.8. The zero-order valence-electron chi connectivity index (χ0n) is 15.8. The van der Waals surface area contributed by atoms with E-state index < -0.39 is 4.92 Å². The molecule has 0 unspecified atom stereocenters. The number of carbonyl (C=O) groups excluding carboxylic acids is 2. The lowest BCUT2D eigenvalue weighted by molar-refractivity contribution is -0.385. The monoisotopic (exact) mass is 383 g/mol. The molecule has 1 aliphatic heterocycles. The summed E-state index contributed by atoms with van der Waals surface area (Å²) in [4.78, 5) is 39.2. The number of ether oxygens (including phenoxy) is 1. The number of methoxy groups -OCH3 is 1. The molecule has 3 rings (SSSR count). The fourth-order valence-electron chi connectivity index (χ4n) is 3.23. The Bertz CT molecular complexity index is 920. The summed E-state index contributed by atoms with van der Waals surface area (Å²) < 4.78 is 5.16. The van der Waals surface area contributed by atoms with Gasteiger partial charge in [-0.2, -0.15) is 0 Å². The van der Waals surface area contributed by atoms with Gasteiger partial charge in [-0.15, -0.1) is 0 Å². The first kappa shape index (κ1) is 19.3. The number of nitrogens with zero attached hydrogens (tertiary/aromatic N) is 3. The van der Waals surface area contributed by atoms with Gasteiger partial charge >= 0.3 is 0 Å². The highest BCUT2D eigenvalue weighted by Crippen LogP contribution is 2.21. The topological polar surface area (TPSA) is 93.0 Å². The second-order valence-electron chi connectivity index (χ2n) is 6.57. The van der Waals surface area contributed by atoms with E-state index in [-0.39, 0.29) is 17.5 Å². The molecule has 146 valence electrons. The molecule has 2 amide bonds. The smallest absolute Gasteiger partial charge is 0.272 e. The molecule has 0 aliphatic carbocycles. The van der Waals surface area contributed by atoms with Crippen molar-refractivity contribution in [2.75, 3.05) is 33.3 Å². The Balaban J connectivity index is 1.64. The summed E-state index contributed by atoms with van der Waals surface area (Å²) in [7, 11) is 1.55. The van der Waals surface area contributed by atoms with Gasteiger partial charge in [-0.3, -0.25) is 19.7 Å². The first-order chi connectivity index (χ1) is 13.4. The molecule has 0 saturated carbocycles. The molecule has 0 N–H and O–H groups in total. The van der Waals surface area contributed by atoms with Crippen LogP contribution in [0.5, 0.6) is 5.75 Å². The maximum absolute atomic E-state index is 12.7. The summed E-state index contributed by atoms with van der Waals surface area (Å²) >= 11 is 0. The van der Waals surface area contributed by atoms with Gasteiger partial charge in [-0.05, 0) is 37.3 Å². The minimum Gasteiger partial charge on any atom is -0.497 e. The standard InChI is InChI=1S/C20H21N3O5/c1-14-12-16(6-7-18(14)23(26)27)20(25)22-10-8-21(9-11-22)19(24)15-4-3-5-17(13-15)28-2/h3-7,12-13H,8-11H2,1-2H3. The second kappa shape index (κ2) is 8.08. The van der Waals surface area contributed by atoms with Crippen molar-refractivity contribution in [1.29, 1.82) is 0 Å². The minimum absolute atomic E-state index is 0.00902. The quantitative estimate of drug-likeness (QED) is 0.597. The fraction of sp³-hybridized carbons (Fsp3) is 0.300. The van der Waals surface area contributed by atoms with Gasteiger partial charge in [0.05, 0.1) is 12.0 Å². The number of amides is 2. The zero-order chi connectivity index (χ0) is 20.3. The van der Waals surface area contributed by atoms with Gasteiger partial charge in [0.2, 0.25) is 0 Å². The number of benzene rings is 2. The summed E-state index contributed by atoms with van der Waals surface area (Å²) in [6.45, 7) is 3.27. The number of aryl methyl sites for hydroxylation is 1. The highest BCUT2D eigenvalue weighted by molar-refractivity contribution is 5.96. The van der Waals surface area contributed by atoms with Crippen molar-refractivity contribution >= 4 is 17.5 Å². The molecule has 1 heterocycles. The van der Waals surface area contributed by atoms with Crippen LogP contribution in [0.4, 0.5) is 5.69 Å². The lowest BCUT2D eigenvalue weighted by atomic mass is 10.1. The molecule has 1 saturated heterocycles. The van der Waals surface area contributed by atoms with Gasteiger partial charge in [-0.1, -0.05) is 6.07 Å². The molecular formula is C20H21N3O5. The van der Waals surface area contributed by atoms with E-state index in [9.17, 15) is 19.7 Å². The van der Waals surface area contributed by atoms with Crippen LogP contribution in [0.25, 0.3) is 0 Å². The maximum Gasteiger partial charge on any atom is 0.272 e. The van der Waals surface area contributed by atoms with Crippen LogP contribution in [0.2, 0.25) is 0 Å². The van der Waals surface area contributed by atoms with Crippen LogP contribution in [0.1, 0.15) is 26.3 Å². The molecule has 1 aliphatic rings. The van der Waals surface area contributed by atoms with E-state index in [0.29, 0.717) is 48.6 Å². The molecule has 8 nitrogen and oxygen atoms in total. The third-order valence-corrected chi connectivity index (χ3v) is 4.81. The van der Waals surface area contributed by atoms with Crippen LogP contribution in [0.3, 0.4) is 0 Å². The van der Waals surface area contributed by atoms with E-state index in [1.165, 1.54) is 18.2 Å². The van der Waals surface area contributed by atoms with Crippen molar-refractivity contribution in [2.24, 2.45) is 0 Å². The molecule has 0 bridgehead atoms. The van der Waals surface area contributed by atoms with Gasteiger partial charge in [0, 0.05) is 48.9 Å². The Morgan fingerprint density at radius 2 is 1.54 bits per heavy atom. The number of nitro groups is 1. The average Bonchev–Trinajstić information content (AvgIpc) is 2.72. The Hall–Kier alpha value is -3.42. The highest BCUT2D eigenvalue weighted by atomic mass is 16.6. The SMILES string of the molecule is COc1cccc(C(=O)N2CCN(C(=O)c3ccc([N+](=O)[O-])c(C)c3)CC2)c1. The lowest BCUT2D eigenvalue weighted by Gasteiger charge is -2.35. The van der Waals surface area contributed by atoms with Gasteiger partial charge in [-0.25, -0.2) is 0 Å². The Morgan fingerprint density at radius 3 is 2.04 bits per heavy atom. The molecule has 0 spiro atoms. The van der Waals surface area contributed by atoms with Crippen molar-refractivity contribution in [3.05, 3.63) is 69.3 Å². The largest absolute Gasteiger partial charge is 0.497 e. The maximum atomic E-state index is 12.7. The van der Waals surface area contributed by atoms with Crippen LogP contribution < -0.4 is 4.74 Å². The van der Waals surface area contributed by atoms with E-state index in [0.717, 1.165) is 0 Å². The lowest BCUT2D eigenvalue weighted by Crippen LogP contribution is -2.50. The van der Waals surface area contributed by atoms with Crippen LogP contribution in [-0.4, -0.2) is 59.8 Å². The Morgan fingerprint density at radius 1 is 0.964 bits per heavy atom. The number of carbonyl (C=O) groups is 2. The van der Waals surface area contributed by atoms with Crippen molar-refractivity contribution < 1.29 is 19.2 Å². The van der Waals surface area contributed by atoms with E-state index in [4.69, 9.17) is 4.74 Å². The third-order valence-electron chi connectivity index (χ3n) is 4.81. The second-order valence-corrected chi connectivity index (χ2v) is 6.57. The average molecular weight is 383 g/mol. The number of hydrogen-bond acceptors (Lipinski definition) is 5. The molecule has 2 aromatic rings. The van der Waals surface area contributed by atoms with Gasteiger partial charge < -0.3 is 14.5 Å². The Labute approximate surface area is 162 Å². The van der Waals surface area contributed by atoms with E-state index in [2.05, 4.69) is 0 Å². The van der Waals surface area contributed by atoms with Crippen molar-refractivity contribution in [3.63, 3.8) is 0 Å². The normalized spacial score (nSPS) is 13.9. The molecule has 0 aromatic heterocycles. The van der Waals surface area contributed by atoms with Crippen LogP contribution in [0.15, 0.2) is 42.5 Å². The summed E-state index contributed by atoms with van der Waals surface area (Å²) in [6, 6.07) is 11.3. The fourth-order valence-corrected chi connectivity index (χ4v) is 3.23. The first-order valence-corrected chi connectivity index (χ1v) is 8.88. The van der Waals surface area contributed by atoms with E-state index >= 15 is 0 Å². The van der Waals surface area contributed by atoms with Crippen molar-refractivity contribution in [3.8, 4) is 5.75 Å². The van der Waals surface area contributed by atoms with Crippen LogP contribution >= 0.6 is 0 Å². The summed E-state index contributed by atoms with van der Waals surface area (Å²) in [5, 5.41) is 10.9. The molecule has 0 radical (unpaired) electrons. The van der Waals surface area contributed by atoms with Gasteiger partial charge in [0.1, 0.15) is 5.75 Å². The molecular weight excluding hydrogens is 362 g/mol. The van der Waals surface area contributed by atoms with Crippen LogP contribution in [-0.2, 0) is 0 Å². The summed E-state index contributed by atoms with van der Waals surface area (Å²) in [6.07, 6.45) is 0. The number of piperazine rings is 1. The molecule has 2 aromatic carbocycles. The number of hydrogen-bond donors (Lipinski definition) is 0. The van der Waals surface area contributed by atoms with Crippen molar-refractivity contribution in [1.82, 2.24) is 9.80 Å². The number of rotatable bonds is 4. The number of nitro benzene ring substituents is 1. The Kier molecular flexibility index (Phi) is 5.58. The van der Waals surface area contributed by atoms with E-state index in [1.54, 1.807) is 48.1 Å². The molecule has 28 heavy (non-hydrogen) atoms. The predicted molar refractivity (Wildman–Crippen MR) is 103 cm³/mol. The van der Waals surface area contributed by atoms with Crippen molar-refractivity contribution in [2.45, 2.75) is 6.92 Å². The van der Waals surface area contributed by atoms with Gasteiger partial charge in [0.25, 0.3) is 17.5 Å². The third kappa shape index (κ3) is 3.95. The highest BCUT2D eigenvalue weighted by Gasteiger charge is 2.26. The molecule has 8 heteroatoms. The van der Waals surface area contributed by atoms with Gasteiger partial charge in [0.15, 0.2) is 0 Å². The summed E-state index contributed by atoms with van der Waals surface area (Å²) in [5.74, 6) is 0.330. The minimum atomic E-state index is -0.466. The molecule has 1 fully saturated rings. The predicted octanol–water partition coefficient (Wildman–Crippen LogP) is 2.51. The summed E-state index contributed by atoms with van der Waals surface area (Å²) in [5.41, 5.74) is 1.40.